The average molecular weight is 757 g/mol. The summed E-state index contributed by atoms with van der Waals surface area (Å²) in [4.78, 5) is 24.5. The van der Waals surface area contributed by atoms with Gasteiger partial charge in [-0.25, -0.2) is 4.79 Å². The molecule has 0 bridgehead atoms. The van der Waals surface area contributed by atoms with E-state index in [1.54, 1.807) is 0 Å². The van der Waals surface area contributed by atoms with Gasteiger partial charge in [-0.15, -0.1) is 0 Å². The third-order valence-corrected chi connectivity index (χ3v) is 8.82. The van der Waals surface area contributed by atoms with Crippen molar-refractivity contribution >= 4 is 12.0 Å². The molecule has 3 heterocycles. The summed E-state index contributed by atoms with van der Waals surface area (Å²) in [7, 11) is 0. The third-order valence-electron chi connectivity index (χ3n) is 8.82. The zero-order chi connectivity index (χ0) is 39.0. The monoisotopic (exact) mass is 756 g/mol. The molecule has 2 aromatic carbocycles. The Kier molecular flexibility index (Phi) is 11.0. The molecule has 18 heteroatoms. The maximum Gasteiger partial charge on any atom is 0.331 e. The number of benzene rings is 3. The van der Waals surface area contributed by atoms with Gasteiger partial charge in [0.2, 0.25) is 6.29 Å². The van der Waals surface area contributed by atoms with E-state index in [4.69, 9.17) is 28.1 Å². The highest BCUT2D eigenvalue weighted by Gasteiger charge is 2.48. The number of esters is 1. The van der Waals surface area contributed by atoms with E-state index >= 15 is 0 Å². The Labute approximate surface area is 304 Å². The Morgan fingerprint density at radius 2 is 1.43 bits per heavy atom. The Bertz CT molecular complexity index is 2040. The maximum absolute atomic E-state index is 12.5. The third kappa shape index (κ3) is 7.91. The van der Waals surface area contributed by atoms with Gasteiger partial charge in [0.05, 0.1) is 18.3 Å². The van der Waals surface area contributed by atoms with Gasteiger partial charge < -0.3 is 79.2 Å². The number of hydrogen-bond acceptors (Lipinski definition) is 18. The minimum Gasteiger partial charge on any atom is -0.507 e. The predicted molar refractivity (Wildman–Crippen MR) is 180 cm³/mol. The second-order valence-electron chi connectivity index (χ2n) is 12.6. The van der Waals surface area contributed by atoms with Crippen molar-refractivity contribution in [1.82, 2.24) is 0 Å². The van der Waals surface area contributed by atoms with Gasteiger partial charge in [0.15, 0.2) is 52.3 Å². The number of phenols is 5. The second-order valence-corrected chi connectivity index (χ2v) is 12.6. The second kappa shape index (κ2) is 15.5. The van der Waals surface area contributed by atoms with E-state index in [1.807, 2.05) is 0 Å². The molecule has 10 unspecified atom stereocenters. The number of rotatable bonds is 9. The van der Waals surface area contributed by atoms with Gasteiger partial charge >= 0.3 is 5.97 Å². The first kappa shape index (κ1) is 38.3. The molecule has 2 aromatic rings. The first-order valence-electron chi connectivity index (χ1n) is 16.3. The lowest BCUT2D eigenvalue weighted by atomic mass is 9.98. The number of hydrogen-bond donors (Lipinski definition) is 10. The van der Waals surface area contributed by atoms with Crippen molar-refractivity contribution in [2.24, 2.45) is 0 Å². The molecular weight excluding hydrogens is 720 g/mol. The van der Waals surface area contributed by atoms with Gasteiger partial charge in [0.25, 0.3) is 0 Å². The minimum atomic E-state index is -1.90. The molecule has 0 spiro atoms. The molecule has 4 aliphatic rings. The number of carbonyl (C=O) groups is 1. The summed E-state index contributed by atoms with van der Waals surface area (Å²) in [5, 5.41) is 103. The fourth-order valence-electron chi connectivity index (χ4n) is 5.88. The van der Waals surface area contributed by atoms with Crippen LogP contribution >= 0.6 is 0 Å². The van der Waals surface area contributed by atoms with Crippen LogP contribution in [0.3, 0.4) is 0 Å². The summed E-state index contributed by atoms with van der Waals surface area (Å²) in [5.41, 5.74) is -0.131. The van der Waals surface area contributed by atoms with Crippen molar-refractivity contribution in [2.75, 3.05) is 6.61 Å². The number of aromatic hydroxyl groups is 5. The average Bonchev–Trinajstić information content (AvgIpc) is 3.13. The van der Waals surface area contributed by atoms with Crippen molar-refractivity contribution in [3.8, 4) is 57.1 Å². The van der Waals surface area contributed by atoms with Gasteiger partial charge in [-0.1, -0.05) is 6.07 Å². The van der Waals surface area contributed by atoms with Crippen molar-refractivity contribution < 1.29 is 84.0 Å². The van der Waals surface area contributed by atoms with Gasteiger partial charge in [-0.3, -0.25) is 4.79 Å². The van der Waals surface area contributed by atoms with Gasteiger partial charge in [0, 0.05) is 23.8 Å². The largest absolute Gasteiger partial charge is 0.507 e. The van der Waals surface area contributed by atoms with Crippen LogP contribution in [0.2, 0.25) is 0 Å². The Hall–Kier alpha value is -5.44. The van der Waals surface area contributed by atoms with Crippen LogP contribution < -0.4 is 10.2 Å². The predicted octanol–water partition coefficient (Wildman–Crippen LogP) is 0.234. The van der Waals surface area contributed by atoms with E-state index in [0.717, 1.165) is 30.3 Å². The summed E-state index contributed by atoms with van der Waals surface area (Å²) >= 11 is 0. The highest BCUT2D eigenvalue weighted by atomic mass is 16.7. The highest BCUT2D eigenvalue weighted by molar-refractivity contribution is 5.87. The standard InChI is InChI=1S/C36H36O18/c1-14-33(54-27(43)7-3-15-2-5-19(38)22(41)8-15)30(46)32(48)35(50-14)49-13-26-28(44)29(45)31(47)36(53-26)52-25-12-18-21(40)10-17(37)11-24(18)51-34(25)16-4-6-20(39)23(42)9-16/h2-12,14,26,28-33,35-36,38-42,44-48H,13H2,1H3. The zero-order valence-electron chi connectivity index (χ0n) is 28.1. The van der Waals surface area contributed by atoms with Crippen LogP contribution in [0, 0.1) is 0 Å². The van der Waals surface area contributed by atoms with E-state index in [2.05, 4.69) is 0 Å². The van der Waals surface area contributed by atoms with E-state index < -0.39 is 102 Å². The van der Waals surface area contributed by atoms with Crippen LogP contribution in [-0.4, -0.2) is 125 Å². The molecule has 2 saturated heterocycles. The van der Waals surface area contributed by atoms with Crippen LogP contribution in [0.4, 0.5) is 0 Å². The molecule has 288 valence electrons. The fraction of sp³-hybridized carbons (Fsp3) is 0.333. The molecule has 6 rings (SSSR count). The van der Waals surface area contributed by atoms with Crippen LogP contribution in [0.15, 0.2) is 69.9 Å². The van der Waals surface area contributed by atoms with E-state index in [9.17, 15) is 60.7 Å². The maximum atomic E-state index is 12.5. The van der Waals surface area contributed by atoms with Crippen LogP contribution in [0.1, 0.15) is 12.5 Å². The van der Waals surface area contributed by atoms with Crippen molar-refractivity contribution in [3.05, 3.63) is 76.5 Å². The summed E-state index contributed by atoms with van der Waals surface area (Å²) < 4.78 is 34.0. The van der Waals surface area contributed by atoms with Crippen LogP contribution in [0.5, 0.6) is 34.5 Å². The van der Waals surface area contributed by atoms with Gasteiger partial charge in [-0.2, -0.15) is 0 Å². The molecule has 0 aromatic heterocycles. The summed E-state index contributed by atoms with van der Waals surface area (Å²) in [6, 6.07) is 10.7. The van der Waals surface area contributed by atoms with Crippen LogP contribution in [-0.2, 0) is 23.7 Å². The zero-order valence-corrected chi connectivity index (χ0v) is 28.1. The van der Waals surface area contributed by atoms with Crippen molar-refractivity contribution in [1.29, 1.82) is 0 Å². The fourth-order valence-corrected chi connectivity index (χ4v) is 5.88. The number of phenolic OH excluding ortho intramolecular Hbond substituents is 5. The lowest BCUT2D eigenvalue weighted by Crippen LogP contribution is -2.62. The van der Waals surface area contributed by atoms with Gasteiger partial charge in [0.1, 0.15) is 48.1 Å². The summed E-state index contributed by atoms with van der Waals surface area (Å²) in [5.74, 6) is -3.68. The number of carbonyl (C=O) groups excluding carboxylic acids is 1. The molecule has 18 nitrogen and oxygen atoms in total. The number of fused-ring (bicyclic) bond motifs is 1. The first-order chi connectivity index (χ1) is 25.6. The first-order valence-corrected chi connectivity index (χ1v) is 16.3. The van der Waals surface area contributed by atoms with Gasteiger partial charge in [-0.05, 0) is 55.0 Å². The Morgan fingerprint density at radius 1 is 0.741 bits per heavy atom. The molecule has 0 radical (unpaired) electrons. The SMILES string of the molecule is CC1OC(OCC2OC(Oc3cc4c(O)cc(=O)cc-4oc3-c3ccc(O)c(O)c3)C(O)C(O)C2O)C(O)C(O)C1OC(=O)C=Cc1ccc(O)c(O)c1. The lowest BCUT2D eigenvalue weighted by molar-refractivity contribution is -0.319. The smallest absolute Gasteiger partial charge is 0.331 e. The number of aliphatic hydroxyl groups is 5. The highest BCUT2D eigenvalue weighted by Crippen LogP contribution is 2.43. The molecular formula is C36H36O18. The summed E-state index contributed by atoms with van der Waals surface area (Å²) in [6.45, 7) is 0.809. The molecule has 0 amide bonds. The topological polar surface area (TPSA) is 296 Å². The van der Waals surface area contributed by atoms with E-state index in [0.29, 0.717) is 5.56 Å². The Balaban J connectivity index is 1.15. The molecule has 1 aliphatic carbocycles. The molecule has 10 atom stereocenters. The normalized spacial score (nSPS) is 28.6. The van der Waals surface area contributed by atoms with Crippen molar-refractivity contribution in [2.45, 2.75) is 68.3 Å². The number of ether oxygens (including phenoxy) is 5. The van der Waals surface area contributed by atoms with E-state index in [1.165, 1.54) is 43.3 Å². The molecule has 2 fully saturated rings. The van der Waals surface area contributed by atoms with Crippen molar-refractivity contribution in [3.63, 3.8) is 0 Å². The molecule has 54 heavy (non-hydrogen) atoms. The lowest BCUT2D eigenvalue weighted by Gasteiger charge is -2.43. The molecule has 10 N–H and O–H groups in total. The molecule has 0 saturated carbocycles. The Morgan fingerprint density at radius 3 is 2.13 bits per heavy atom. The minimum absolute atomic E-state index is 0.00383. The molecule has 3 aliphatic heterocycles. The number of aliphatic hydroxyl groups excluding tert-OH is 5. The van der Waals surface area contributed by atoms with Crippen LogP contribution in [0.25, 0.3) is 28.7 Å². The quantitative estimate of drug-likeness (QED) is 0.0621. The summed E-state index contributed by atoms with van der Waals surface area (Å²) in [6.07, 6.45) is -14.0. The van der Waals surface area contributed by atoms with E-state index in [-0.39, 0.29) is 34.1 Å².